The zero-order valence-electron chi connectivity index (χ0n) is 15.4. The molecule has 0 aliphatic rings. The minimum Gasteiger partial charge on any atom is -0.407 e. The van der Waals surface area contributed by atoms with Gasteiger partial charge in [-0.3, -0.25) is 9.59 Å². The molecule has 4 heteroatoms. The molecular formula is C21H26O3Si. The molecule has 0 aliphatic heterocycles. The molecule has 132 valence electrons. The predicted octanol–water partition coefficient (Wildman–Crippen LogP) is 3.11. The molecule has 25 heavy (non-hydrogen) atoms. The molecule has 0 amide bonds. The molecule has 0 bridgehead atoms. The van der Waals surface area contributed by atoms with Gasteiger partial charge >= 0.3 is 0 Å². The molecule has 2 aromatic rings. The molecule has 0 heterocycles. The summed E-state index contributed by atoms with van der Waals surface area (Å²) >= 11 is 0. The second-order valence-electron chi connectivity index (χ2n) is 7.24. The van der Waals surface area contributed by atoms with Gasteiger partial charge < -0.3 is 4.43 Å². The highest BCUT2D eigenvalue weighted by molar-refractivity contribution is 6.99. The molecule has 2 aromatic carbocycles. The molecule has 0 aliphatic carbocycles. The zero-order chi connectivity index (χ0) is 18.5. The maximum Gasteiger partial charge on any atom is 0.261 e. The molecule has 0 spiro atoms. The quantitative estimate of drug-likeness (QED) is 0.567. The summed E-state index contributed by atoms with van der Waals surface area (Å²) in [6, 6.07) is 20.5. The number of Topliss-reactive ketones (excluding diaryl/α,β-unsaturated/α-hetero) is 2. The second-order valence-corrected chi connectivity index (χ2v) is 11.5. The van der Waals surface area contributed by atoms with Gasteiger partial charge in [-0.1, -0.05) is 81.4 Å². The fraction of sp³-hybridized carbons (Fsp3) is 0.333. The van der Waals surface area contributed by atoms with Crippen LogP contribution in [0.2, 0.25) is 5.04 Å². The van der Waals surface area contributed by atoms with Gasteiger partial charge in [-0.2, -0.15) is 0 Å². The Bertz CT molecular complexity index is 678. The highest BCUT2D eigenvalue weighted by atomic mass is 28.4. The molecule has 0 atom stereocenters. The van der Waals surface area contributed by atoms with Crippen LogP contribution in [0.4, 0.5) is 0 Å². The van der Waals surface area contributed by atoms with Crippen molar-refractivity contribution in [2.45, 2.75) is 39.2 Å². The predicted molar refractivity (Wildman–Crippen MR) is 104 cm³/mol. The summed E-state index contributed by atoms with van der Waals surface area (Å²) in [6.45, 7) is 8.13. The number of rotatable bonds is 7. The van der Waals surface area contributed by atoms with Crippen LogP contribution in [0.5, 0.6) is 0 Å². The van der Waals surface area contributed by atoms with Crippen LogP contribution in [-0.4, -0.2) is 26.5 Å². The number of hydrogen-bond donors (Lipinski definition) is 0. The second kappa shape index (κ2) is 7.89. The van der Waals surface area contributed by atoms with Crippen molar-refractivity contribution in [1.29, 1.82) is 0 Å². The van der Waals surface area contributed by atoms with Crippen LogP contribution in [0.15, 0.2) is 60.7 Å². The normalized spacial score (nSPS) is 12.0. The first-order valence-corrected chi connectivity index (χ1v) is 10.5. The molecule has 0 N–H and O–H groups in total. The van der Waals surface area contributed by atoms with Gasteiger partial charge in [0.15, 0.2) is 11.6 Å². The van der Waals surface area contributed by atoms with E-state index in [-0.39, 0.29) is 23.8 Å². The van der Waals surface area contributed by atoms with Crippen molar-refractivity contribution in [3.8, 4) is 0 Å². The van der Waals surface area contributed by atoms with Crippen molar-refractivity contribution in [1.82, 2.24) is 0 Å². The van der Waals surface area contributed by atoms with Gasteiger partial charge in [0.25, 0.3) is 8.32 Å². The number of carbonyl (C=O) groups is 2. The number of benzene rings is 2. The average Bonchev–Trinajstić information content (AvgIpc) is 2.59. The molecule has 0 radical (unpaired) electrons. The van der Waals surface area contributed by atoms with Gasteiger partial charge in [0.2, 0.25) is 0 Å². The summed E-state index contributed by atoms with van der Waals surface area (Å²) < 4.78 is 6.55. The lowest BCUT2D eigenvalue weighted by atomic mass is 10.2. The third-order valence-corrected chi connectivity index (χ3v) is 9.50. The lowest BCUT2D eigenvalue weighted by Gasteiger charge is -2.43. The van der Waals surface area contributed by atoms with Crippen molar-refractivity contribution in [2.24, 2.45) is 0 Å². The van der Waals surface area contributed by atoms with Crippen molar-refractivity contribution in [3.63, 3.8) is 0 Å². The lowest BCUT2D eigenvalue weighted by molar-refractivity contribution is -0.135. The highest BCUT2D eigenvalue weighted by Gasteiger charge is 2.50. The number of hydrogen-bond acceptors (Lipinski definition) is 3. The maximum absolute atomic E-state index is 11.7. The van der Waals surface area contributed by atoms with Gasteiger partial charge in [0, 0.05) is 20.0 Å². The Kier molecular flexibility index (Phi) is 6.09. The lowest BCUT2D eigenvalue weighted by Crippen LogP contribution is -2.66. The first-order chi connectivity index (χ1) is 11.8. The summed E-state index contributed by atoms with van der Waals surface area (Å²) in [5, 5.41) is 2.21. The van der Waals surface area contributed by atoms with E-state index in [0.29, 0.717) is 0 Å². The Hall–Kier alpha value is -2.04. The Labute approximate surface area is 151 Å². The van der Waals surface area contributed by atoms with E-state index in [0.717, 1.165) is 0 Å². The van der Waals surface area contributed by atoms with E-state index >= 15 is 0 Å². The van der Waals surface area contributed by atoms with Gasteiger partial charge in [-0.25, -0.2) is 0 Å². The van der Waals surface area contributed by atoms with Crippen molar-refractivity contribution >= 4 is 30.3 Å². The first-order valence-electron chi connectivity index (χ1n) is 8.58. The van der Waals surface area contributed by atoms with Crippen molar-refractivity contribution in [2.75, 3.05) is 6.61 Å². The number of ketones is 2. The molecule has 0 fully saturated rings. The van der Waals surface area contributed by atoms with E-state index in [1.807, 2.05) is 36.4 Å². The third kappa shape index (κ3) is 4.14. The first kappa shape index (κ1) is 19.3. The monoisotopic (exact) mass is 354 g/mol. The smallest absolute Gasteiger partial charge is 0.261 e. The Balaban J connectivity index is 2.49. The minimum atomic E-state index is -2.61. The summed E-state index contributed by atoms with van der Waals surface area (Å²) in [5.74, 6) is -0.788. The molecule has 0 aromatic heterocycles. The Morgan fingerprint density at radius 1 is 0.880 bits per heavy atom. The van der Waals surface area contributed by atoms with E-state index in [1.54, 1.807) is 0 Å². The molecule has 2 rings (SSSR count). The summed E-state index contributed by atoms with van der Waals surface area (Å²) in [6.07, 6.45) is 0.125. The SMILES string of the molecule is CC(=O)C(=O)CCO[Si](c1ccccc1)(c1ccccc1)C(C)(C)C. The van der Waals surface area contributed by atoms with Gasteiger partial charge in [0.05, 0.1) is 0 Å². The van der Waals surface area contributed by atoms with E-state index < -0.39 is 14.1 Å². The molecule has 0 saturated carbocycles. The van der Waals surface area contributed by atoms with Crippen LogP contribution in [0.1, 0.15) is 34.1 Å². The Morgan fingerprint density at radius 3 is 1.68 bits per heavy atom. The van der Waals surface area contributed by atoms with E-state index in [1.165, 1.54) is 17.3 Å². The van der Waals surface area contributed by atoms with E-state index in [4.69, 9.17) is 4.43 Å². The van der Waals surface area contributed by atoms with Crippen LogP contribution in [0, 0.1) is 0 Å². The standard InChI is InChI=1S/C21H26O3Si/c1-17(22)20(23)15-16-24-25(21(2,3)4,18-11-7-5-8-12-18)19-13-9-6-10-14-19/h5-14H,15-16H2,1-4H3. The topological polar surface area (TPSA) is 43.4 Å². The van der Waals surface area contributed by atoms with Crippen molar-refractivity contribution < 1.29 is 14.0 Å². The van der Waals surface area contributed by atoms with E-state index in [2.05, 4.69) is 45.0 Å². The summed E-state index contributed by atoms with van der Waals surface area (Å²) in [4.78, 5) is 23.0. The van der Waals surface area contributed by atoms with Gasteiger partial charge in [-0.15, -0.1) is 0 Å². The van der Waals surface area contributed by atoms with Crippen LogP contribution in [0.25, 0.3) is 0 Å². The maximum atomic E-state index is 11.7. The molecule has 3 nitrogen and oxygen atoms in total. The molecule has 0 saturated heterocycles. The van der Waals surface area contributed by atoms with E-state index in [9.17, 15) is 9.59 Å². The van der Waals surface area contributed by atoms with Crippen LogP contribution >= 0.6 is 0 Å². The Morgan fingerprint density at radius 2 is 1.32 bits per heavy atom. The van der Waals surface area contributed by atoms with Crippen LogP contribution in [0.3, 0.4) is 0 Å². The summed E-state index contributed by atoms with van der Waals surface area (Å²) in [7, 11) is -2.61. The highest BCUT2D eigenvalue weighted by Crippen LogP contribution is 2.36. The van der Waals surface area contributed by atoms with Crippen molar-refractivity contribution in [3.05, 3.63) is 60.7 Å². The zero-order valence-corrected chi connectivity index (χ0v) is 16.4. The average molecular weight is 355 g/mol. The fourth-order valence-electron chi connectivity index (χ4n) is 3.23. The van der Waals surface area contributed by atoms with Crippen LogP contribution < -0.4 is 10.4 Å². The fourth-order valence-corrected chi connectivity index (χ4v) is 7.80. The minimum absolute atomic E-state index is 0.125. The molecular weight excluding hydrogens is 328 g/mol. The van der Waals surface area contributed by atoms with Gasteiger partial charge in [0.1, 0.15) is 0 Å². The summed E-state index contributed by atoms with van der Waals surface area (Å²) in [5.41, 5.74) is 0. The third-order valence-electron chi connectivity index (χ3n) is 4.46. The largest absolute Gasteiger partial charge is 0.407 e. The van der Waals surface area contributed by atoms with Gasteiger partial charge in [-0.05, 0) is 15.4 Å². The molecule has 0 unspecified atom stereocenters. The van der Waals surface area contributed by atoms with Crippen LogP contribution in [-0.2, 0) is 14.0 Å². The number of carbonyl (C=O) groups excluding carboxylic acids is 2.